The van der Waals surface area contributed by atoms with Crippen LogP contribution in [0.3, 0.4) is 0 Å². The van der Waals surface area contributed by atoms with Crippen LogP contribution >= 0.6 is 0 Å². The summed E-state index contributed by atoms with van der Waals surface area (Å²) in [6.45, 7) is 2.49. The van der Waals surface area contributed by atoms with E-state index in [9.17, 15) is 14.0 Å². The van der Waals surface area contributed by atoms with E-state index in [4.69, 9.17) is 14.6 Å². The topological polar surface area (TPSA) is 94.7 Å². The highest BCUT2D eigenvalue weighted by atomic mass is 19.1. The second-order valence-corrected chi connectivity index (χ2v) is 9.01. The molecule has 0 saturated carbocycles. The van der Waals surface area contributed by atoms with E-state index in [0.717, 1.165) is 16.9 Å². The van der Waals surface area contributed by atoms with Gasteiger partial charge in [-0.15, -0.1) is 0 Å². The van der Waals surface area contributed by atoms with Crippen molar-refractivity contribution in [1.82, 2.24) is 14.7 Å². The second kappa shape index (κ2) is 12.0. The first kappa shape index (κ1) is 26.4. The third-order valence-corrected chi connectivity index (χ3v) is 6.47. The monoisotopic (exact) mass is 509 g/mol. The van der Waals surface area contributed by atoms with Gasteiger partial charge in [0.05, 0.1) is 12.3 Å². The lowest BCUT2D eigenvalue weighted by Crippen LogP contribution is -2.34. The first-order chi connectivity index (χ1) is 17.9. The number of ether oxygens (including phenoxy) is 2. The zero-order valence-electron chi connectivity index (χ0n) is 21.0. The quantitative estimate of drug-likeness (QED) is 0.409. The summed E-state index contributed by atoms with van der Waals surface area (Å²) in [6.07, 6.45) is 2.54. The lowest BCUT2D eigenvalue weighted by atomic mass is 9.93. The number of aliphatic hydroxyl groups is 1. The average Bonchev–Trinajstić information content (AvgIpc) is 3.13. The Morgan fingerprint density at radius 2 is 1.89 bits per heavy atom. The van der Waals surface area contributed by atoms with Crippen molar-refractivity contribution in [3.8, 4) is 5.69 Å². The third-order valence-electron chi connectivity index (χ3n) is 6.47. The molecule has 2 aromatic carbocycles. The Hall–Kier alpha value is -3.69. The van der Waals surface area contributed by atoms with Crippen LogP contribution in [0.5, 0.6) is 0 Å². The number of carbonyl (C=O) groups excluding carboxylic acids is 1. The Kier molecular flexibility index (Phi) is 8.58. The van der Waals surface area contributed by atoms with Gasteiger partial charge in [0.2, 0.25) is 6.29 Å². The van der Waals surface area contributed by atoms with Crippen LogP contribution in [-0.4, -0.2) is 39.9 Å². The molecule has 1 aliphatic heterocycles. The third kappa shape index (κ3) is 6.18. The number of unbranched alkanes of at least 4 members (excludes halogenated alkanes) is 1. The van der Waals surface area contributed by atoms with E-state index in [0.29, 0.717) is 31.4 Å². The van der Waals surface area contributed by atoms with E-state index in [1.807, 2.05) is 49.0 Å². The molecular weight excluding hydrogens is 477 g/mol. The van der Waals surface area contributed by atoms with Crippen LogP contribution in [0, 0.1) is 12.7 Å². The highest BCUT2D eigenvalue weighted by Gasteiger charge is 2.32. The molecule has 0 spiro atoms. The van der Waals surface area contributed by atoms with Gasteiger partial charge in [-0.25, -0.2) is 9.07 Å². The number of aliphatic hydroxyl groups excluding tert-OH is 1. The van der Waals surface area contributed by atoms with E-state index in [1.165, 1.54) is 12.1 Å². The molecule has 0 bridgehead atoms. The number of hydrogen-bond acceptors (Lipinski definition) is 5. The summed E-state index contributed by atoms with van der Waals surface area (Å²) in [4.78, 5) is 26.6. The van der Waals surface area contributed by atoms with E-state index >= 15 is 0 Å². The van der Waals surface area contributed by atoms with Crippen molar-refractivity contribution in [2.75, 3.05) is 13.2 Å². The van der Waals surface area contributed by atoms with Crippen molar-refractivity contribution in [3.05, 3.63) is 99.4 Å². The number of para-hydroxylation sites is 1. The summed E-state index contributed by atoms with van der Waals surface area (Å²) in [5.41, 5.74) is 2.67. The molecule has 37 heavy (non-hydrogen) atoms. The van der Waals surface area contributed by atoms with E-state index in [-0.39, 0.29) is 30.3 Å². The largest absolute Gasteiger partial charge is 0.459 e. The molecule has 1 amide bonds. The lowest BCUT2D eigenvalue weighted by molar-refractivity contribution is -0.146. The molecule has 3 aromatic rings. The number of aromatic nitrogens is 2. The van der Waals surface area contributed by atoms with Gasteiger partial charge in [0.25, 0.3) is 11.5 Å². The predicted molar refractivity (Wildman–Crippen MR) is 137 cm³/mol. The summed E-state index contributed by atoms with van der Waals surface area (Å²) >= 11 is 0. The van der Waals surface area contributed by atoms with Gasteiger partial charge in [0.1, 0.15) is 5.82 Å². The van der Waals surface area contributed by atoms with Gasteiger partial charge >= 0.3 is 0 Å². The standard InChI is InChI=1S/C28H32FN3O5/c1-19-26(28(35)32(31(19)2)23-8-4-3-5-9-23)21-16-24(37-25(17-21)36-15-7-6-14-33)27(34)30-18-20-10-12-22(29)13-11-20/h3-5,8-13,16,21,25,33H,6-7,14-15,17-18H2,1-2H3,(H,30,34)/t21-,25+/m1/s1. The van der Waals surface area contributed by atoms with Crippen LogP contribution < -0.4 is 10.9 Å². The van der Waals surface area contributed by atoms with Crippen molar-refractivity contribution in [3.63, 3.8) is 0 Å². The van der Waals surface area contributed by atoms with E-state index in [1.54, 1.807) is 22.9 Å². The van der Waals surface area contributed by atoms with E-state index < -0.39 is 18.1 Å². The number of amides is 1. The SMILES string of the molecule is Cc1c([C@@H]2C=C(C(=O)NCc3ccc(F)cc3)O[C@H](OCCCCO)C2)c(=O)n(-c2ccccc2)n1C. The van der Waals surface area contributed by atoms with Crippen LogP contribution in [0.25, 0.3) is 5.69 Å². The summed E-state index contributed by atoms with van der Waals surface area (Å²) in [5.74, 6) is -1.14. The minimum atomic E-state index is -0.732. The molecule has 2 N–H and O–H groups in total. The smallest absolute Gasteiger partial charge is 0.286 e. The fraction of sp³-hybridized carbons (Fsp3) is 0.357. The normalized spacial score (nSPS) is 17.2. The molecule has 1 aliphatic rings. The summed E-state index contributed by atoms with van der Waals surface area (Å²) in [6, 6.07) is 15.2. The van der Waals surface area contributed by atoms with Crippen LogP contribution in [0.2, 0.25) is 0 Å². The number of carbonyl (C=O) groups is 1. The Labute approximate surface area is 214 Å². The molecule has 0 saturated heterocycles. The second-order valence-electron chi connectivity index (χ2n) is 9.01. The molecule has 2 heterocycles. The fourth-order valence-electron chi connectivity index (χ4n) is 4.44. The fourth-order valence-corrected chi connectivity index (χ4v) is 4.44. The zero-order valence-corrected chi connectivity index (χ0v) is 21.0. The van der Waals surface area contributed by atoms with Crippen molar-refractivity contribution < 1.29 is 23.8 Å². The van der Waals surface area contributed by atoms with Gasteiger partial charge in [0.15, 0.2) is 5.76 Å². The highest BCUT2D eigenvalue weighted by molar-refractivity contribution is 5.91. The van der Waals surface area contributed by atoms with E-state index in [2.05, 4.69) is 5.32 Å². The van der Waals surface area contributed by atoms with Gasteiger partial charge < -0.3 is 19.9 Å². The van der Waals surface area contributed by atoms with Gasteiger partial charge in [-0.05, 0) is 55.7 Å². The molecule has 196 valence electrons. The Balaban J connectivity index is 1.61. The Morgan fingerprint density at radius 1 is 1.16 bits per heavy atom. The van der Waals surface area contributed by atoms with Gasteiger partial charge in [-0.1, -0.05) is 30.3 Å². The number of nitrogens with one attached hydrogen (secondary N) is 1. The van der Waals surface area contributed by atoms with Crippen molar-refractivity contribution in [2.45, 2.75) is 44.9 Å². The minimum Gasteiger partial charge on any atom is -0.459 e. The van der Waals surface area contributed by atoms with Crippen molar-refractivity contribution in [1.29, 1.82) is 0 Å². The summed E-state index contributed by atoms with van der Waals surface area (Å²) in [5, 5.41) is 11.8. The molecule has 0 aliphatic carbocycles. The predicted octanol–water partition coefficient (Wildman–Crippen LogP) is 3.44. The van der Waals surface area contributed by atoms with Gasteiger partial charge in [-0.2, -0.15) is 0 Å². The highest BCUT2D eigenvalue weighted by Crippen LogP contribution is 2.32. The summed E-state index contributed by atoms with van der Waals surface area (Å²) < 4.78 is 28.4. The number of benzene rings is 2. The first-order valence-corrected chi connectivity index (χ1v) is 12.4. The van der Waals surface area contributed by atoms with Gasteiger partial charge in [-0.3, -0.25) is 14.3 Å². The Bertz CT molecular complexity index is 1300. The van der Waals surface area contributed by atoms with Gasteiger partial charge in [0, 0.05) is 43.8 Å². The Morgan fingerprint density at radius 3 is 2.59 bits per heavy atom. The molecule has 0 radical (unpaired) electrons. The maximum absolute atomic E-state index is 13.6. The number of halogens is 1. The number of allylic oxidation sites excluding steroid dienone is 1. The van der Waals surface area contributed by atoms with Crippen LogP contribution in [0.1, 0.15) is 42.0 Å². The lowest BCUT2D eigenvalue weighted by Gasteiger charge is -2.29. The molecule has 1 aromatic heterocycles. The summed E-state index contributed by atoms with van der Waals surface area (Å²) in [7, 11) is 1.83. The average molecular weight is 510 g/mol. The molecular formula is C28H32FN3O5. The molecule has 0 unspecified atom stereocenters. The van der Waals surface area contributed by atoms with Crippen LogP contribution in [-0.2, 0) is 27.9 Å². The zero-order chi connectivity index (χ0) is 26.4. The maximum Gasteiger partial charge on any atom is 0.286 e. The number of rotatable bonds is 10. The first-order valence-electron chi connectivity index (χ1n) is 12.4. The van der Waals surface area contributed by atoms with Crippen molar-refractivity contribution in [2.24, 2.45) is 7.05 Å². The number of nitrogens with zero attached hydrogens (tertiary/aromatic N) is 2. The molecule has 8 nitrogen and oxygen atoms in total. The van der Waals surface area contributed by atoms with Crippen molar-refractivity contribution >= 4 is 5.91 Å². The molecule has 9 heteroatoms. The molecule has 2 atom stereocenters. The van der Waals surface area contributed by atoms with Crippen LogP contribution in [0.4, 0.5) is 4.39 Å². The van der Waals surface area contributed by atoms with Crippen LogP contribution in [0.15, 0.2) is 71.2 Å². The maximum atomic E-state index is 13.6. The minimum absolute atomic E-state index is 0.0662. The molecule has 0 fully saturated rings. The molecule has 4 rings (SSSR count). The number of hydrogen-bond donors (Lipinski definition) is 2.